The molecular formula is C30H34ClN3O5. The summed E-state index contributed by atoms with van der Waals surface area (Å²) in [4.78, 5) is 28.7. The predicted octanol–water partition coefficient (Wildman–Crippen LogP) is 5.53. The number of carbonyl (C=O) groups is 2. The van der Waals surface area contributed by atoms with Gasteiger partial charge in [-0.05, 0) is 79.8 Å². The maximum atomic E-state index is 13.9. The summed E-state index contributed by atoms with van der Waals surface area (Å²) in [5.74, 6) is 1.06. The van der Waals surface area contributed by atoms with Crippen LogP contribution in [0, 0.1) is 0 Å². The van der Waals surface area contributed by atoms with Crippen LogP contribution in [0.1, 0.15) is 52.0 Å². The first-order valence-corrected chi connectivity index (χ1v) is 13.2. The van der Waals surface area contributed by atoms with Crippen LogP contribution in [0.3, 0.4) is 0 Å². The number of amides is 2. The molecule has 3 N–H and O–H groups in total. The minimum atomic E-state index is -0.305. The van der Waals surface area contributed by atoms with E-state index in [9.17, 15) is 9.59 Å². The van der Waals surface area contributed by atoms with Crippen LogP contribution >= 0.6 is 11.6 Å². The molecule has 0 atom stereocenters. The van der Waals surface area contributed by atoms with E-state index in [1.165, 1.54) is 14.2 Å². The van der Waals surface area contributed by atoms with Crippen LogP contribution in [0.15, 0.2) is 60.7 Å². The molecule has 0 bridgehead atoms. The first-order chi connectivity index (χ1) is 18.8. The third-order valence-corrected chi connectivity index (χ3v) is 7.44. The van der Waals surface area contributed by atoms with E-state index in [0.717, 1.165) is 31.2 Å². The van der Waals surface area contributed by atoms with Crippen molar-refractivity contribution in [1.82, 2.24) is 4.90 Å². The highest BCUT2D eigenvalue weighted by atomic mass is 35.5. The van der Waals surface area contributed by atoms with Crippen molar-refractivity contribution >= 4 is 29.1 Å². The van der Waals surface area contributed by atoms with Crippen molar-refractivity contribution in [2.24, 2.45) is 5.73 Å². The molecule has 4 rings (SSSR count). The number of nitrogens with zero attached hydrogens (tertiary/aromatic N) is 1. The molecule has 1 saturated carbocycles. The van der Waals surface area contributed by atoms with E-state index < -0.39 is 0 Å². The van der Waals surface area contributed by atoms with Gasteiger partial charge in [0.05, 0.1) is 26.9 Å². The minimum Gasteiger partial charge on any atom is -0.496 e. The number of hydrogen-bond donors (Lipinski definition) is 2. The number of para-hydroxylation sites is 1. The van der Waals surface area contributed by atoms with Gasteiger partial charge < -0.3 is 30.2 Å². The molecule has 0 unspecified atom stereocenters. The molecule has 2 amide bonds. The van der Waals surface area contributed by atoms with Crippen LogP contribution in [0.2, 0.25) is 5.02 Å². The third-order valence-electron chi connectivity index (χ3n) is 7.07. The lowest BCUT2D eigenvalue weighted by atomic mass is 9.90. The van der Waals surface area contributed by atoms with Crippen LogP contribution in [0.4, 0.5) is 5.69 Å². The standard InChI is InChI=1S/C30H34ClN3O5/c1-37-26-7-5-4-6-24(26)29(35)33-22-11-14-25(31)20(16-22)18-34(23-12-9-21(32)10-13-23)30(36)19-8-15-27(38-2)28(17-19)39-3/h4-8,11,14-17,21,23H,9-10,12-13,18,32H2,1-3H3,(H,33,35). The number of benzene rings is 3. The second-order valence-electron chi connectivity index (χ2n) is 9.53. The van der Waals surface area contributed by atoms with Gasteiger partial charge in [0.2, 0.25) is 0 Å². The second kappa shape index (κ2) is 12.9. The molecule has 3 aromatic carbocycles. The van der Waals surface area contributed by atoms with Crippen LogP contribution in [0.5, 0.6) is 17.2 Å². The SMILES string of the molecule is COc1ccc(C(=O)N(Cc2cc(NC(=O)c3ccccc3OC)ccc2Cl)C2CCC(N)CC2)cc1OC. The van der Waals surface area contributed by atoms with Crippen molar-refractivity contribution in [3.8, 4) is 17.2 Å². The highest BCUT2D eigenvalue weighted by Crippen LogP contribution is 2.32. The van der Waals surface area contributed by atoms with Gasteiger partial charge in [0.15, 0.2) is 11.5 Å². The molecule has 1 fully saturated rings. The Balaban J connectivity index is 1.62. The zero-order valence-corrected chi connectivity index (χ0v) is 23.2. The molecule has 0 aliphatic heterocycles. The Kier molecular flexibility index (Phi) is 9.32. The number of methoxy groups -OCH3 is 3. The van der Waals surface area contributed by atoms with Gasteiger partial charge in [0, 0.05) is 34.9 Å². The third kappa shape index (κ3) is 6.64. The van der Waals surface area contributed by atoms with Crippen molar-refractivity contribution in [3.05, 3.63) is 82.4 Å². The summed E-state index contributed by atoms with van der Waals surface area (Å²) < 4.78 is 16.1. The van der Waals surface area contributed by atoms with Gasteiger partial charge in [-0.3, -0.25) is 9.59 Å². The number of ether oxygens (including phenoxy) is 3. The van der Waals surface area contributed by atoms with Crippen LogP contribution in [0.25, 0.3) is 0 Å². The zero-order chi connectivity index (χ0) is 27.9. The number of anilines is 1. The fourth-order valence-electron chi connectivity index (χ4n) is 4.90. The van der Waals surface area contributed by atoms with E-state index in [1.54, 1.807) is 67.8 Å². The average Bonchev–Trinajstić information content (AvgIpc) is 2.97. The van der Waals surface area contributed by atoms with Gasteiger partial charge in [0.25, 0.3) is 11.8 Å². The van der Waals surface area contributed by atoms with Gasteiger partial charge in [0.1, 0.15) is 5.75 Å². The maximum absolute atomic E-state index is 13.9. The predicted molar refractivity (Wildman–Crippen MR) is 152 cm³/mol. The Morgan fingerprint density at radius 1 is 0.897 bits per heavy atom. The lowest BCUT2D eigenvalue weighted by Crippen LogP contribution is -2.44. The monoisotopic (exact) mass is 551 g/mol. The molecule has 0 radical (unpaired) electrons. The van der Waals surface area contributed by atoms with Crippen molar-refractivity contribution < 1.29 is 23.8 Å². The number of nitrogens with one attached hydrogen (secondary N) is 1. The van der Waals surface area contributed by atoms with Crippen molar-refractivity contribution in [2.45, 2.75) is 44.3 Å². The molecule has 0 saturated heterocycles. The number of halogens is 1. The summed E-state index contributed by atoms with van der Waals surface area (Å²) in [6, 6.07) is 17.6. The second-order valence-corrected chi connectivity index (χ2v) is 9.94. The Morgan fingerprint density at radius 2 is 1.59 bits per heavy atom. The normalized spacial score (nSPS) is 16.7. The maximum Gasteiger partial charge on any atom is 0.259 e. The van der Waals surface area contributed by atoms with Crippen molar-refractivity contribution in [2.75, 3.05) is 26.6 Å². The van der Waals surface area contributed by atoms with E-state index in [0.29, 0.717) is 39.1 Å². The van der Waals surface area contributed by atoms with Gasteiger partial charge in [-0.2, -0.15) is 0 Å². The van der Waals surface area contributed by atoms with E-state index in [4.69, 9.17) is 31.5 Å². The van der Waals surface area contributed by atoms with E-state index >= 15 is 0 Å². The number of rotatable bonds is 9. The molecule has 0 aromatic heterocycles. The van der Waals surface area contributed by atoms with Gasteiger partial charge in [-0.1, -0.05) is 23.7 Å². The lowest BCUT2D eigenvalue weighted by molar-refractivity contribution is 0.0606. The number of hydrogen-bond acceptors (Lipinski definition) is 6. The molecule has 1 aliphatic carbocycles. The molecule has 39 heavy (non-hydrogen) atoms. The van der Waals surface area contributed by atoms with Crippen LogP contribution < -0.4 is 25.3 Å². The van der Waals surface area contributed by atoms with Crippen LogP contribution in [-0.2, 0) is 6.54 Å². The molecule has 0 spiro atoms. The molecule has 206 valence electrons. The Hall–Kier alpha value is -3.75. The first kappa shape index (κ1) is 28.3. The van der Waals surface area contributed by atoms with Gasteiger partial charge >= 0.3 is 0 Å². The highest BCUT2D eigenvalue weighted by molar-refractivity contribution is 6.31. The van der Waals surface area contributed by atoms with Gasteiger partial charge in [-0.15, -0.1) is 0 Å². The molecule has 0 heterocycles. The summed E-state index contributed by atoms with van der Waals surface area (Å²) in [5.41, 5.74) is 8.35. The van der Waals surface area contributed by atoms with Crippen LogP contribution in [-0.4, -0.2) is 50.1 Å². The van der Waals surface area contributed by atoms with Crippen molar-refractivity contribution in [1.29, 1.82) is 0 Å². The van der Waals surface area contributed by atoms with Crippen molar-refractivity contribution in [3.63, 3.8) is 0 Å². The van der Waals surface area contributed by atoms with E-state index in [1.807, 2.05) is 4.90 Å². The Morgan fingerprint density at radius 3 is 2.28 bits per heavy atom. The lowest BCUT2D eigenvalue weighted by Gasteiger charge is -2.36. The number of carbonyl (C=O) groups excluding carboxylic acids is 2. The molecule has 1 aliphatic rings. The first-order valence-electron chi connectivity index (χ1n) is 12.9. The molecule has 3 aromatic rings. The largest absolute Gasteiger partial charge is 0.496 e. The average molecular weight is 552 g/mol. The summed E-state index contributed by atoms with van der Waals surface area (Å²) in [6.07, 6.45) is 3.26. The summed E-state index contributed by atoms with van der Waals surface area (Å²) >= 11 is 6.61. The molecule has 8 nitrogen and oxygen atoms in total. The Labute approximate surface area is 234 Å². The van der Waals surface area contributed by atoms with E-state index in [2.05, 4.69) is 5.32 Å². The summed E-state index contributed by atoms with van der Waals surface area (Å²) in [6.45, 7) is 0.268. The summed E-state index contributed by atoms with van der Waals surface area (Å²) in [7, 11) is 4.62. The van der Waals surface area contributed by atoms with Gasteiger partial charge in [-0.25, -0.2) is 0 Å². The smallest absolute Gasteiger partial charge is 0.259 e. The number of nitrogens with two attached hydrogens (primary N) is 1. The quantitative estimate of drug-likeness (QED) is 0.362. The zero-order valence-electron chi connectivity index (χ0n) is 22.4. The topological polar surface area (TPSA) is 103 Å². The van der Waals surface area contributed by atoms with E-state index in [-0.39, 0.29) is 30.4 Å². The fraction of sp³-hybridized carbons (Fsp3) is 0.333. The Bertz CT molecular complexity index is 1320. The highest BCUT2D eigenvalue weighted by Gasteiger charge is 2.30. The fourth-order valence-corrected chi connectivity index (χ4v) is 5.08. The summed E-state index contributed by atoms with van der Waals surface area (Å²) in [5, 5.41) is 3.42. The minimum absolute atomic E-state index is 0.00621. The molecule has 9 heteroatoms. The molecular weight excluding hydrogens is 518 g/mol.